The quantitative estimate of drug-likeness (QED) is 0.876. The Kier molecular flexibility index (Phi) is 2.98. The highest BCUT2D eigenvalue weighted by Crippen LogP contribution is 2.26. The molecule has 1 rings (SSSR count). The number of aromatic nitrogens is 1. The van der Waals surface area contributed by atoms with Gasteiger partial charge in [0.2, 0.25) is 0 Å². The normalized spacial score (nSPS) is 15.8. The average molecular weight is 252 g/mol. The van der Waals surface area contributed by atoms with Gasteiger partial charge in [-0.1, -0.05) is 0 Å². The lowest BCUT2D eigenvalue weighted by Gasteiger charge is -2.21. The van der Waals surface area contributed by atoms with E-state index in [0.717, 1.165) is 6.92 Å². The number of hydrogen-bond acceptors (Lipinski definition) is 2. The van der Waals surface area contributed by atoms with Gasteiger partial charge in [-0.25, -0.2) is 8.78 Å². The summed E-state index contributed by atoms with van der Waals surface area (Å²) in [5.41, 5.74) is -2.22. The molecule has 0 spiro atoms. The minimum absolute atomic E-state index is 0.0364. The Morgan fingerprint density at radius 3 is 2.54 bits per heavy atom. The molecule has 0 aliphatic rings. The molecule has 0 aliphatic carbocycles. The maximum absolute atomic E-state index is 12.3. The summed E-state index contributed by atoms with van der Waals surface area (Å²) in [5, 5.41) is 9.33. The molecule has 0 saturated carbocycles. The van der Waals surface area contributed by atoms with Crippen LogP contribution in [0.25, 0.3) is 0 Å². The zero-order valence-electron chi connectivity index (χ0n) is 6.84. The van der Waals surface area contributed by atoms with Gasteiger partial charge >= 0.3 is 0 Å². The molecular formula is C8H8BrF2NO. The van der Waals surface area contributed by atoms with Crippen LogP contribution in [0.1, 0.15) is 12.6 Å². The third kappa shape index (κ3) is 2.22. The summed E-state index contributed by atoms with van der Waals surface area (Å²) in [7, 11) is 0. The van der Waals surface area contributed by atoms with E-state index in [4.69, 9.17) is 0 Å². The van der Waals surface area contributed by atoms with E-state index in [-0.39, 0.29) is 5.69 Å². The standard InChI is InChI=1S/C8H8BrF2NO/c1-8(13,7(10)11)6-3-2-5(9)4-12-6/h2-4,7,13H,1H3/t8-/m1/s1. The van der Waals surface area contributed by atoms with E-state index in [1.807, 2.05) is 0 Å². The zero-order valence-corrected chi connectivity index (χ0v) is 8.42. The van der Waals surface area contributed by atoms with Gasteiger partial charge in [-0.2, -0.15) is 0 Å². The SMILES string of the molecule is C[C@@](O)(c1ccc(Br)cn1)C(F)F. The maximum Gasteiger partial charge on any atom is 0.272 e. The van der Waals surface area contributed by atoms with Gasteiger partial charge in [0.25, 0.3) is 6.43 Å². The van der Waals surface area contributed by atoms with Crippen LogP contribution in [0.3, 0.4) is 0 Å². The van der Waals surface area contributed by atoms with E-state index in [1.54, 1.807) is 6.07 Å². The fourth-order valence-electron chi connectivity index (χ4n) is 0.787. The lowest BCUT2D eigenvalue weighted by atomic mass is 10.0. The van der Waals surface area contributed by atoms with Gasteiger partial charge in [-0.3, -0.25) is 4.98 Å². The maximum atomic E-state index is 12.3. The van der Waals surface area contributed by atoms with Gasteiger partial charge in [-0.15, -0.1) is 0 Å². The van der Waals surface area contributed by atoms with Crippen molar-refractivity contribution >= 4 is 15.9 Å². The van der Waals surface area contributed by atoms with Crippen molar-refractivity contribution in [2.24, 2.45) is 0 Å². The van der Waals surface area contributed by atoms with Crippen LogP contribution in [0.2, 0.25) is 0 Å². The summed E-state index contributed by atoms with van der Waals surface area (Å²) in [5.74, 6) is 0. The fraction of sp³-hybridized carbons (Fsp3) is 0.375. The van der Waals surface area contributed by atoms with Gasteiger partial charge in [0.15, 0.2) is 5.60 Å². The summed E-state index contributed by atoms with van der Waals surface area (Å²) >= 11 is 3.12. The zero-order chi connectivity index (χ0) is 10.1. The Balaban J connectivity index is 3.01. The topological polar surface area (TPSA) is 33.1 Å². The van der Waals surface area contributed by atoms with Crippen molar-refractivity contribution in [3.8, 4) is 0 Å². The van der Waals surface area contributed by atoms with E-state index >= 15 is 0 Å². The van der Waals surface area contributed by atoms with E-state index in [0.29, 0.717) is 4.47 Å². The second-order valence-electron chi connectivity index (χ2n) is 2.81. The molecule has 0 saturated heterocycles. The summed E-state index contributed by atoms with van der Waals surface area (Å²) in [6, 6.07) is 2.91. The van der Waals surface area contributed by atoms with Crippen LogP contribution in [0.5, 0.6) is 0 Å². The van der Waals surface area contributed by atoms with Crippen molar-refractivity contribution in [2.45, 2.75) is 19.0 Å². The van der Waals surface area contributed by atoms with Crippen molar-refractivity contribution in [1.82, 2.24) is 4.98 Å². The molecule has 2 nitrogen and oxygen atoms in total. The van der Waals surface area contributed by atoms with Crippen molar-refractivity contribution < 1.29 is 13.9 Å². The van der Waals surface area contributed by atoms with Crippen LogP contribution in [0.4, 0.5) is 8.78 Å². The van der Waals surface area contributed by atoms with Gasteiger partial charge in [-0.05, 0) is 35.0 Å². The minimum atomic E-state index is -2.85. The molecule has 5 heteroatoms. The number of alkyl halides is 2. The number of rotatable bonds is 2. The number of halogens is 3. The first-order valence-corrected chi connectivity index (χ1v) is 4.36. The molecule has 72 valence electrons. The lowest BCUT2D eigenvalue weighted by molar-refractivity contribution is -0.0910. The van der Waals surface area contributed by atoms with Crippen molar-refractivity contribution in [3.05, 3.63) is 28.5 Å². The molecule has 0 unspecified atom stereocenters. The molecule has 1 aromatic rings. The van der Waals surface area contributed by atoms with E-state index < -0.39 is 12.0 Å². The van der Waals surface area contributed by atoms with Gasteiger partial charge in [0.05, 0.1) is 5.69 Å². The van der Waals surface area contributed by atoms with Crippen molar-refractivity contribution in [3.63, 3.8) is 0 Å². The highest BCUT2D eigenvalue weighted by molar-refractivity contribution is 9.10. The van der Waals surface area contributed by atoms with Crippen LogP contribution >= 0.6 is 15.9 Å². The first-order chi connectivity index (χ1) is 5.94. The van der Waals surface area contributed by atoms with Crippen LogP contribution in [0, 0.1) is 0 Å². The Labute approximate surface area is 82.7 Å². The number of nitrogens with zero attached hydrogens (tertiary/aromatic N) is 1. The predicted molar refractivity (Wildman–Crippen MR) is 47.5 cm³/mol. The number of pyridine rings is 1. The fourth-order valence-corrected chi connectivity index (χ4v) is 1.02. The third-order valence-electron chi connectivity index (χ3n) is 1.67. The largest absolute Gasteiger partial charge is 0.378 e. The van der Waals surface area contributed by atoms with Crippen LogP contribution < -0.4 is 0 Å². The molecule has 13 heavy (non-hydrogen) atoms. The summed E-state index contributed by atoms with van der Waals surface area (Å²) in [4.78, 5) is 3.69. The van der Waals surface area contributed by atoms with Crippen molar-refractivity contribution in [2.75, 3.05) is 0 Å². The van der Waals surface area contributed by atoms with Crippen molar-refractivity contribution in [1.29, 1.82) is 0 Å². The Morgan fingerprint density at radius 1 is 1.54 bits per heavy atom. The molecule has 0 amide bonds. The Hall–Kier alpha value is -0.550. The average Bonchev–Trinajstić information content (AvgIpc) is 2.04. The summed E-state index contributed by atoms with van der Waals surface area (Å²) < 4.78 is 25.3. The van der Waals surface area contributed by atoms with E-state index in [2.05, 4.69) is 20.9 Å². The first-order valence-electron chi connectivity index (χ1n) is 3.57. The molecule has 1 atom stereocenters. The lowest BCUT2D eigenvalue weighted by Crippen LogP contribution is -2.31. The molecular weight excluding hydrogens is 244 g/mol. The van der Waals surface area contributed by atoms with Crippen LogP contribution in [-0.4, -0.2) is 16.5 Å². The highest BCUT2D eigenvalue weighted by atomic mass is 79.9. The molecule has 0 aliphatic heterocycles. The summed E-state index contributed by atoms with van der Waals surface area (Å²) in [6.07, 6.45) is -1.48. The predicted octanol–water partition coefficient (Wildman–Crippen LogP) is 2.32. The monoisotopic (exact) mass is 251 g/mol. The van der Waals surface area contributed by atoms with E-state index in [1.165, 1.54) is 12.3 Å². The summed E-state index contributed by atoms with van der Waals surface area (Å²) in [6.45, 7) is 1.04. The Bertz CT molecular complexity index is 287. The molecule has 0 radical (unpaired) electrons. The van der Waals surface area contributed by atoms with Crippen LogP contribution in [-0.2, 0) is 5.60 Å². The number of aliphatic hydroxyl groups is 1. The molecule has 0 fully saturated rings. The molecule has 0 aromatic carbocycles. The number of hydrogen-bond donors (Lipinski definition) is 1. The van der Waals surface area contributed by atoms with Gasteiger partial charge < -0.3 is 5.11 Å². The highest BCUT2D eigenvalue weighted by Gasteiger charge is 2.35. The Morgan fingerprint density at radius 2 is 2.15 bits per heavy atom. The van der Waals surface area contributed by atoms with Crippen LogP contribution in [0.15, 0.2) is 22.8 Å². The van der Waals surface area contributed by atoms with E-state index in [9.17, 15) is 13.9 Å². The second kappa shape index (κ2) is 3.67. The molecule has 1 heterocycles. The van der Waals surface area contributed by atoms with Gasteiger partial charge in [0, 0.05) is 10.7 Å². The molecule has 1 N–H and O–H groups in total. The minimum Gasteiger partial charge on any atom is -0.378 e. The second-order valence-corrected chi connectivity index (χ2v) is 3.73. The first kappa shape index (κ1) is 10.5. The van der Waals surface area contributed by atoms with Gasteiger partial charge in [0.1, 0.15) is 0 Å². The third-order valence-corrected chi connectivity index (χ3v) is 2.14. The molecule has 0 bridgehead atoms. The smallest absolute Gasteiger partial charge is 0.272 e. The molecule has 1 aromatic heterocycles.